The summed E-state index contributed by atoms with van der Waals surface area (Å²) in [5.41, 5.74) is 5.72. The van der Waals surface area contributed by atoms with Gasteiger partial charge in [0.1, 0.15) is 0 Å². The highest BCUT2D eigenvalue weighted by molar-refractivity contribution is 5.85. The molecule has 2 atom stereocenters. The zero-order valence-electron chi connectivity index (χ0n) is 7.06. The second-order valence-electron chi connectivity index (χ2n) is 3.16. The molecular weight excluding hydrogens is 180 g/mol. The summed E-state index contributed by atoms with van der Waals surface area (Å²) in [4.78, 5) is 11.9. The topological polar surface area (TPSA) is 66.6 Å². The van der Waals surface area contributed by atoms with Gasteiger partial charge in [0.15, 0.2) is 0 Å². The zero-order chi connectivity index (χ0) is 8.43. The van der Waals surface area contributed by atoms with Gasteiger partial charge in [-0.05, 0) is 12.3 Å². The lowest BCUT2D eigenvalue weighted by Crippen LogP contribution is -2.47. The molecule has 5 heteroatoms. The predicted molar refractivity (Wildman–Crippen MR) is 48.6 cm³/mol. The van der Waals surface area contributed by atoms with E-state index in [1.165, 1.54) is 4.90 Å². The lowest BCUT2D eigenvalue weighted by atomic mass is 9.95. The van der Waals surface area contributed by atoms with Crippen molar-refractivity contribution < 1.29 is 9.90 Å². The van der Waals surface area contributed by atoms with Crippen LogP contribution in [0.3, 0.4) is 0 Å². The lowest BCUT2D eigenvalue weighted by Gasteiger charge is -2.33. The highest BCUT2D eigenvalue weighted by atomic mass is 35.5. The molecule has 0 bridgehead atoms. The number of rotatable bonds is 0. The monoisotopic (exact) mass is 194 g/mol. The first-order valence-electron chi connectivity index (χ1n) is 3.84. The van der Waals surface area contributed by atoms with E-state index in [0.29, 0.717) is 19.0 Å². The van der Waals surface area contributed by atoms with Gasteiger partial charge in [0.25, 0.3) is 0 Å². The van der Waals surface area contributed by atoms with Crippen LogP contribution in [0.25, 0.3) is 0 Å². The summed E-state index contributed by atoms with van der Waals surface area (Å²) in [7, 11) is 0. The maximum Gasteiger partial charge on any atom is 0.407 e. The number of hydrogen-bond acceptors (Lipinski definition) is 2. The largest absolute Gasteiger partial charge is 0.465 e. The van der Waals surface area contributed by atoms with Gasteiger partial charge in [0, 0.05) is 19.1 Å². The lowest BCUT2D eigenvalue weighted by molar-refractivity contribution is 0.117. The minimum atomic E-state index is -0.830. The predicted octanol–water partition coefficient (Wildman–Crippen LogP) is 0.755. The molecule has 0 aromatic carbocycles. The Hall–Kier alpha value is -0.480. The van der Waals surface area contributed by atoms with E-state index in [0.717, 1.165) is 6.42 Å². The van der Waals surface area contributed by atoms with Crippen molar-refractivity contribution in [3.05, 3.63) is 0 Å². The van der Waals surface area contributed by atoms with Crippen LogP contribution in [0.2, 0.25) is 0 Å². The van der Waals surface area contributed by atoms with E-state index in [1.54, 1.807) is 0 Å². The third-order valence-corrected chi connectivity index (χ3v) is 2.24. The van der Waals surface area contributed by atoms with Crippen LogP contribution >= 0.6 is 12.4 Å². The van der Waals surface area contributed by atoms with Gasteiger partial charge in [-0.1, -0.05) is 6.92 Å². The second-order valence-corrected chi connectivity index (χ2v) is 3.16. The van der Waals surface area contributed by atoms with Gasteiger partial charge in [-0.3, -0.25) is 0 Å². The second kappa shape index (κ2) is 4.52. The van der Waals surface area contributed by atoms with Crippen molar-refractivity contribution >= 4 is 18.5 Å². The van der Waals surface area contributed by atoms with Gasteiger partial charge in [0.2, 0.25) is 0 Å². The van der Waals surface area contributed by atoms with Crippen molar-refractivity contribution in [3.63, 3.8) is 0 Å². The third-order valence-electron chi connectivity index (χ3n) is 2.24. The first kappa shape index (κ1) is 11.5. The molecule has 1 amide bonds. The van der Waals surface area contributed by atoms with Crippen LogP contribution in [-0.2, 0) is 0 Å². The summed E-state index contributed by atoms with van der Waals surface area (Å²) in [5, 5.41) is 8.63. The van der Waals surface area contributed by atoms with Crippen molar-refractivity contribution in [2.45, 2.75) is 19.4 Å². The molecule has 2 unspecified atom stereocenters. The number of piperidine rings is 1. The fourth-order valence-electron chi connectivity index (χ4n) is 1.34. The molecule has 1 rings (SSSR count). The number of hydrogen-bond donors (Lipinski definition) is 2. The summed E-state index contributed by atoms with van der Waals surface area (Å²) in [6, 6.07) is 0.172. The summed E-state index contributed by atoms with van der Waals surface area (Å²) < 4.78 is 0. The average Bonchev–Trinajstić information content (AvgIpc) is 1.94. The van der Waals surface area contributed by atoms with Gasteiger partial charge in [-0.2, -0.15) is 0 Å². The molecule has 1 heterocycles. The highest BCUT2D eigenvalue weighted by Crippen LogP contribution is 2.14. The molecule has 1 aliphatic heterocycles. The average molecular weight is 195 g/mol. The molecule has 0 aliphatic carbocycles. The van der Waals surface area contributed by atoms with E-state index in [-0.39, 0.29) is 18.4 Å². The molecule has 0 aromatic rings. The Balaban J connectivity index is 0.00000121. The number of halogens is 1. The van der Waals surface area contributed by atoms with Crippen molar-refractivity contribution in [1.82, 2.24) is 4.90 Å². The number of amides is 1. The molecule has 72 valence electrons. The van der Waals surface area contributed by atoms with Crippen LogP contribution in [-0.4, -0.2) is 35.2 Å². The van der Waals surface area contributed by atoms with Gasteiger partial charge in [-0.15, -0.1) is 12.4 Å². The van der Waals surface area contributed by atoms with E-state index in [4.69, 9.17) is 10.8 Å². The fraction of sp³-hybridized carbons (Fsp3) is 0.857. The fourth-order valence-corrected chi connectivity index (χ4v) is 1.34. The van der Waals surface area contributed by atoms with Crippen molar-refractivity contribution in [2.24, 2.45) is 11.7 Å². The van der Waals surface area contributed by atoms with Crippen LogP contribution < -0.4 is 5.73 Å². The molecule has 0 aromatic heterocycles. The van der Waals surface area contributed by atoms with Gasteiger partial charge < -0.3 is 15.7 Å². The Morgan fingerprint density at radius 1 is 1.67 bits per heavy atom. The highest BCUT2D eigenvalue weighted by Gasteiger charge is 2.25. The molecule has 3 N–H and O–H groups in total. The summed E-state index contributed by atoms with van der Waals surface area (Å²) in [5.74, 6) is 0.292. The molecule has 1 aliphatic rings. The Morgan fingerprint density at radius 3 is 2.67 bits per heavy atom. The number of carboxylic acid groups (broad SMARTS) is 1. The van der Waals surface area contributed by atoms with E-state index in [2.05, 4.69) is 0 Å². The maximum atomic E-state index is 10.5. The zero-order valence-corrected chi connectivity index (χ0v) is 7.88. The molecule has 1 saturated heterocycles. The molecule has 1 fully saturated rings. The van der Waals surface area contributed by atoms with E-state index in [1.807, 2.05) is 6.92 Å². The van der Waals surface area contributed by atoms with Gasteiger partial charge >= 0.3 is 6.09 Å². The summed E-state index contributed by atoms with van der Waals surface area (Å²) in [6.45, 7) is 3.15. The summed E-state index contributed by atoms with van der Waals surface area (Å²) >= 11 is 0. The molecule has 4 nitrogen and oxygen atoms in total. The Labute approximate surface area is 78.1 Å². The first-order valence-corrected chi connectivity index (χ1v) is 3.84. The Kier molecular flexibility index (Phi) is 4.34. The molecule has 12 heavy (non-hydrogen) atoms. The van der Waals surface area contributed by atoms with Crippen LogP contribution in [0, 0.1) is 5.92 Å². The van der Waals surface area contributed by atoms with E-state index < -0.39 is 6.09 Å². The number of nitrogens with two attached hydrogens (primary N) is 1. The molecule has 0 spiro atoms. The van der Waals surface area contributed by atoms with Crippen molar-refractivity contribution in [3.8, 4) is 0 Å². The SMILES string of the molecule is CC1CN(C(=O)O)CCC1N.Cl. The Bertz CT molecular complexity index is 165. The minimum Gasteiger partial charge on any atom is -0.465 e. The number of likely N-dealkylation sites (tertiary alicyclic amines) is 1. The van der Waals surface area contributed by atoms with Gasteiger partial charge in [-0.25, -0.2) is 4.79 Å². The maximum absolute atomic E-state index is 10.5. The minimum absolute atomic E-state index is 0. The van der Waals surface area contributed by atoms with Crippen molar-refractivity contribution in [1.29, 1.82) is 0 Å². The Morgan fingerprint density at radius 2 is 2.25 bits per heavy atom. The molecular formula is C7H15ClN2O2. The molecule has 0 radical (unpaired) electrons. The van der Waals surface area contributed by atoms with Crippen LogP contribution in [0.5, 0.6) is 0 Å². The number of nitrogens with zero attached hydrogens (tertiary/aromatic N) is 1. The standard InChI is InChI=1S/C7H14N2O2.ClH/c1-5-4-9(7(10)11)3-2-6(5)8;/h5-6H,2-4,8H2,1H3,(H,10,11);1H. The summed E-state index contributed by atoms with van der Waals surface area (Å²) in [6.07, 6.45) is -0.0447. The quantitative estimate of drug-likeness (QED) is 0.598. The van der Waals surface area contributed by atoms with E-state index in [9.17, 15) is 4.79 Å². The van der Waals surface area contributed by atoms with Crippen LogP contribution in [0.15, 0.2) is 0 Å². The van der Waals surface area contributed by atoms with Crippen molar-refractivity contribution in [2.75, 3.05) is 13.1 Å². The first-order chi connectivity index (χ1) is 5.11. The van der Waals surface area contributed by atoms with E-state index >= 15 is 0 Å². The molecule has 0 saturated carbocycles. The smallest absolute Gasteiger partial charge is 0.407 e. The third kappa shape index (κ3) is 2.53. The normalized spacial score (nSPS) is 29.3. The van der Waals surface area contributed by atoms with Crippen LogP contribution in [0.1, 0.15) is 13.3 Å². The van der Waals surface area contributed by atoms with Gasteiger partial charge in [0.05, 0.1) is 0 Å². The number of carbonyl (C=O) groups is 1. The van der Waals surface area contributed by atoms with Crippen LogP contribution in [0.4, 0.5) is 4.79 Å².